The summed E-state index contributed by atoms with van der Waals surface area (Å²) in [5.74, 6) is -1.01. The van der Waals surface area contributed by atoms with E-state index in [2.05, 4.69) is 23.6 Å². The van der Waals surface area contributed by atoms with Gasteiger partial charge in [0, 0.05) is 11.4 Å². The van der Waals surface area contributed by atoms with Gasteiger partial charge in [0.2, 0.25) is 11.8 Å². The Bertz CT molecular complexity index is 1050. The van der Waals surface area contributed by atoms with Gasteiger partial charge in [-0.05, 0) is 43.2 Å². The average molecular weight is 423 g/mol. The number of carbonyl (C=O) groups is 2. The number of aryl methyl sites for hydroxylation is 1. The Morgan fingerprint density at radius 1 is 1.30 bits per heavy atom. The maximum absolute atomic E-state index is 12.4. The van der Waals surface area contributed by atoms with Crippen molar-refractivity contribution >= 4 is 29.3 Å². The molecule has 0 aliphatic carbocycles. The molecular weight excluding hydrogens is 400 g/mol. The molecule has 1 aromatic carbocycles. The Kier molecular flexibility index (Phi) is 6.65. The zero-order valence-corrected chi connectivity index (χ0v) is 17.5. The Labute approximate surface area is 179 Å². The number of allylic oxidation sites excluding steroid dienone is 2. The summed E-state index contributed by atoms with van der Waals surface area (Å²) in [6.07, 6.45) is 2.40. The average Bonchev–Trinajstić information content (AvgIpc) is 3.26. The number of nitriles is 1. The fraction of sp³-hybridized carbons (Fsp3) is 0.227. The number of dihydropyridines is 1. The topological polar surface area (TPSA) is 121 Å². The predicted octanol–water partition coefficient (Wildman–Crippen LogP) is 3.40. The number of furan rings is 1. The van der Waals surface area contributed by atoms with E-state index in [1.165, 1.54) is 23.6 Å². The zero-order chi connectivity index (χ0) is 21.7. The summed E-state index contributed by atoms with van der Waals surface area (Å²) in [4.78, 5) is 24.4. The van der Waals surface area contributed by atoms with Crippen molar-refractivity contribution in [1.29, 1.82) is 5.26 Å². The Morgan fingerprint density at radius 3 is 2.60 bits per heavy atom. The van der Waals surface area contributed by atoms with Crippen LogP contribution in [0.5, 0.6) is 0 Å². The molecule has 0 saturated carbocycles. The third kappa shape index (κ3) is 4.58. The fourth-order valence-corrected chi connectivity index (χ4v) is 4.14. The highest BCUT2D eigenvalue weighted by atomic mass is 32.2. The van der Waals surface area contributed by atoms with E-state index >= 15 is 0 Å². The van der Waals surface area contributed by atoms with Crippen LogP contribution < -0.4 is 16.4 Å². The molecule has 0 radical (unpaired) electrons. The van der Waals surface area contributed by atoms with Crippen LogP contribution in [0.3, 0.4) is 0 Å². The number of benzene rings is 1. The van der Waals surface area contributed by atoms with Gasteiger partial charge in [0.05, 0.1) is 40.2 Å². The molecule has 7 nitrogen and oxygen atoms in total. The molecule has 1 aliphatic heterocycles. The molecule has 2 aromatic rings. The van der Waals surface area contributed by atoms with Crippen LogP contribution in [0.2, 0.25) is 0 Å². The number of anilines is 1. The molecule has 0 spiro atoms. The molecule has 3 rings (SSSR count). The normalized spacial score (nSPS) is 16.1. The third-order valence-electron chi connectivity index (χ3n) is 4.73. The number of rotatable bonds is 7. The van der Waals surface area contributed by atoms with E-state index in [1.54, 1.807) is 19.1 Å². The largest absolute Gasteiger partial charge is 0.468 e. The van der Waals surface area contributed by atoms with Gasteiger partial charge in [0.15, 0.2) is 0 Å². The molecular formula is C22H22N4O3S. The van der Waals surface area contributed by atoms with Gasteiger partial charge >= 0.3 is 0 Å². The standard InChI is InChI=1S/C22H22N4O3S/c1-3-14-6-8-15(9-7-14)26-18(27)12-30-22-16(11-23)20(17-5-4-10-29-17)19(21(24)28)13(2)25-22/h4-10,20,25H,3,12H2,1-2H3,(H2,24,28)(H,26,27). The maximum atomic E-state index is 12.4. The van der Waals surface area contributed by atoms with Gasteiger partial charge < -0.3 is 20.8 Å². The first-order valence-corrected chi connectivity index (χ1v) is 10.4. The minimum absolute atomic E-state index is 0.0904. The maximum Gasteiger partial charge on any atom is 0.247 e. The molecule has 0 bridgehead atoms. The van der Waals surface area contributed by atoms with Crippen LogP contribution in [0.1, 0.15) is 31.1 Å². The van der Waals surface area contributed by atoms with Crippen molar-refractivity contribution in [2.24, 2.45) is 5.73 Å². The lowest BCUT2D eigenvalue weighted by molar-refractivity contribution is -0.115. The molecule has 0 fully saturated rings. The molecule has 8 heteroatoms. The highest BCUT2D eigenvalue weighted by molar-refractivity contribution is 8.03. The molecule has 1 atom stereocenters. The molecule has 154 valence electrons. The van der Waals surface area contributed by atoms with Crippen molar-refractivity contribution in [2.45, 2.75) is 26.2 Å². The zero-order valence-electron chi connectivity index (χ0n) is 16.7. The summed E-state index contributed by atoms with van der Waals surface area (Å²) >= 11 is 1.19. The second-order valence-corrected chi connectivity index (χ2v) is 7.70. The van der Waals surface area contributed by atoms with Crippen molar-refractivity contribution in [3.05, 3.63) is 75.9 Å². The molecule has 1 aliphatic rings. The fourth-order valence-electron chi connectivity index (χ4n) is 3.25. The molecule has 0 saturated heterocycles. The van der Waals surface area contributed by atoms with Gasteiger partial charge in [-0.3, -0.25) is 9.59 Å². The Hall–Kier alpha value is -3.44. The first-order valence-electron chi connectivity index (χ1n) is 9.41. The van der Waals surface area contributed by atoms with E-state index in [0.29, 0.717) is 22.2 Å². The molecule has 2 heterocycles. The molecule has 2 amide bonds. The van der Waals surface area contributed by atoms with E-state index < -0.39 is 11.8 Å². The summed E-state index contributed by atoms with van der Waals surface area (Å²) in [5, 5.41) is 16.2. The SMILES string of the molecule is CCc1ccc(NC(=O)CSC2=C(C#N)C(c3ccco3)C(C(N)=O)=C(C)N2)cc1. The first-order chi connectivity index (χ1) is 14.4. The second kappa shape index (κ2) is 9.37. The third-order valence-corrected chi connectivity index (χ3v) is 5.75. The Morgan fingerprint density at radius 2 is 2.03 bits per heavy atom. The van der Waals surface area contributed by atoms with E-state index in [-0.39, 0.29) is 22.8 Å². The van der Waals surface area contributed by atoms with Gasteiger partial charge in [-0.1, -0.05) is 30.8 Å². The van der Waals surface area contributed by atoms with Crippen molar-refractivity contribution in [3.8, 4) is 6.07 Å². The van der Waals surface area contributed by atoms with Gasteiger partial charge in [-0.15, -0.1) is 0 Å². The summed E-state index contributed by atoms with van der Waals surface area (Å²) in [5.41, 5.74) is 8.55. The van der Waals surface area contributed by atoms with Crippen molar-refractivity contribution in [2.75, 3.05) is 11.1 Å². The highest BCUT2D eigenvalue weighted by Crippen LogP contribution is 2.40. The first kappa shape index (κ1) is 21.3. The number of hydrogen-bond donors (Lipinski definition) is 3. The molecule has 30 heavy (non-hydrogen) atoms. The summed E-state index contributed by atoms with van der Waals surface area (Å²) in [6.45, 7) is 3.78. The minimum Gasteiger partial charge on any atom is -0.468 e. The number of amides is 2. The number of primary amides is 1. The number of carbonyl (C=O) groups excluding carboxylic acids is 2. The number of nitrogens with zero attached hydrogens (tertiary/aromatic N) is 1. The Balaban J connectivity index is 1.78. The van der Waals surface area contributed by atoms with Crippen molar-refractivity contribution in [3.63, 3.8) is 0 Å². The van der Waals surface area contributed by atoms with Gasteiger partial charge in [0.25, 0.3) is 0 Å². The highest BCUT2D eigenvalue weighted by Gasteiger charge is 2.35. The van der Waals surface area contributed by atoms with Crippen molar-refractivity contribution < 1.29 is 14.0 Å². The van der Waals surface area contributed by atoms with E-state index in [0.717, 1.165) is 6.42 Å². The van der Waals surface area contributed by atoms with Gasteiger partial charge in [-0.25, -0.2) is 0 Å². The number of nitrogens with two attached hydrogens (primary N) is 1. The predicted molar refractivity (Wildman–Crippen MR) is 116 cm³/mol. The van der Waals surface area contributed by atoms with Crippen LogP contribution in [0, 0.1) is 11.3 Å². The van der Waals surface area contributed by atoms with Crippen LogP contribution in [0.25, 0.3) is 0 Å². The number of thioether (sulfide) groups is 1. The monoisotopic (exact) mass is 422 g/mol. The summed E-state index contributed by atoms with van der Waals surface area (Å²) in [7, 11) is 0. The summed E-state index contributed by atoms with van der Waals surface area (Å²) in [6, 6.07) is 13.2. The van der Waals surface area contributed by atoms with Crippen LogP contribution >= 0.6 is 11.8 Å². The summed E-state index contributed by atoms with van der Waals surface area (Å²) < 4.78 is 5.46. The van der Waals surface area contributed by atoms with Gasteiger partial charge in [0.1, 0.15) is 5.76 Å². The molecule has 1 unspecified atom stereocenters. The quantitative estimate of drug-likeness (QED) is 0.629. The van der Waals surface area contributed by atoms with E-state index in [1.807, 2.05) is 24.3 Å². The van der Waals surface area contributed by atoms with E-state index in [9.17, 15) is 14.9 Å². The van der Waals surface area contributed by atoms with Crippen LogP contribution in [0.4, 0.5) is 5.69 Å². The molecule has 4 N–H and O–H groups in total. The van der Waals surface area contributed by atoms with Crippen molar-refractivity contribution in [1.82, 2.24) is 5.32 Å². The lowest BCUT2D eigenvalue weighted by Gasteiger charge is -2.27. The van der Waals surface area contributed by atoms with Crippen LogP contribution in [-0.2, 0) is 16.0 Å². The van der Waals surface area contributed by atoms with Gasteiger partial charge in [-0.2, -0.15) is 5.26 Å². The molecule has 1 aromatic heterocycles. The van der Waals surface area contributed by atoms with Crippen LogP contribution in [-0.4, -0.2) is 17.6 Å². The smallest absolute Gasteiger partial charge is 0.247 e. The lowest BCUT2D eigenvalue weighted by atomic mass is 9.86. The second-order valence-electron chi connectivity index (χ2n) is 6.72. The van der Waals surface area contributed by atoms with Crippen LogP contribution in [0.15, 0.2) is 69.0 Å². The number of hydrogen-bond acceptors (Lipinski definition) is 6. The number of nitrogens with one attached hydrogen (secondary N) is 2. The lowest BCUT2D eigenvalue weighted by Crippen LogP contribution is -2.31. The minimum atomic E-state index is -0.712. The van der Waals surface area contributed by atoms with E-state index in [4.69, 9.17) is 10.2 Å².